The van der Waals surface area contributed by atoms with Crippen LogP contribution in [0.5, 0.6) is 0 Å². The third-order valence-corrected chi connectivity index (χ3v) is 5.92. The smallest absolute Gasteiger partial charge is 0.0697 e. The summed E-state index contributed by atoms with van der Waals surface area (Å²) >= 11 is 0. The van der Waals surface area contributed by atoms with E-state index < -0.39 is 0 Å². The van der Waals surface area contributed by atoms with Gasteiger partial charge in [0.15, 0.2) is 0 Å². The Bertz CT molecular complexity index is 302. The molecule has 0 radical (unpaired) electrons. The van der Waals surface area contributed by atoms with E-state index in [9.17, 15) is 0 Å². The van der Waals surface area contributed by atoms with Crippen LogP contribution >= 0.6 is 0 Å². The Balaban J connectivity index is 1.42. The predicted octanol–water partition coefficient (Wildman–Crippen LogP) is 1.63. The Kier molecular flexibility index (Phi) is 2.90. The van der Waals surface area contributed by atoms with Crippen molar-refractivity contribution < 1.29 is 4.74 Å². The highest BCUT2D eigenvalue weighted by Gasteiger charge is 2.45. The number of rotatable bonds is 1. The maximum Gasteiger partial charge on any atom is 0.0697 e. The summed E-state index contributed by atoms with van der Waals surface area (Å²) in [4.78, 5) is 2.80. The number of ether oxygens (including phenoxy) is 1. The summed E-state index contributed by atoms with van der Waals surface area (Å²) in [5.41, 5.74) is 0.291. The monoisotopic (exact) mass is 250 g/mol. The molecule has 102 valence electrons. The summed E-state index contributed by atoms with van der Waals surface area (Å²) in [5.74, 6) is 1.87. The molecule has 4 fully saturated rings. The van der Waals surface area contributed by atoms with Crippen molar-refractivity contribution in [1.29, 1.82) is 0 Å². The lowest BCUT2D eigenvalue weighted by Crippen LogP contribution is -2.47. The van der Waals surface area contributed by atoms with Crippen LogP contribution in [0.2, 0.25) is 0 Å². The number of hydrogen-bond donors (Lipinski definition) is 1. The van der Waals surface area contributed by atoms with Crippen LogP contribution < -0.4 is 5.32 Å². The van der Waals surface area contributed by atoms with Gasteiger partial charge in [0.1, 0.15) is 0 Å². The van der Waals surface area contributed by atoms with Crippen LogP contribution in [0.15, 0.2) is 0 Å². The molecule has 4 rings (SSSR count). The fraction of sp³-hybridized carbons (Fsp3) is 1.00. The van der Waals surface area contributed by atoms with Crippen molar-refractivity contribution in [1.82, 2.24) is 10.2 Å². The van der Waals surface area contributed by atoms with E-state index in [1.54, 1.807) is 0 Å². The van der Waals surface area contributed by atoms with Gasteiger partial charge in [-0.1, -0.05) is 12.8 Å². The maximum atomic E-state index is 6.17. The molecule has 0 aromatic heterocycles. The van der Waals surface area contributed by atoms with Gasteiger partial charge in [0.05, 0.1) is 5.60 Å². The van der Waals surface area contributed by atoms with E-state index in [0.29, 0.717) is 5.60 Å². The summed E-state index contributed by atoms with van der Waals surface area (Å²) < 4.78 is 6.17. The molecule has 0 aromatic carbocycles. The highest BCUT2D eigenvalue weighted by atomic mass is 16.5. The van der Waals surface area contributed by atoms with Gasteiger partial charge in [-0.2, -0.15) is 0 Å². The molecule has 0 bridgehead atoms. The van der Waals surface area contributed by atoms with Crippen LogP contribution in [0.3, 0.4) is 0 Å². The first-order valence-electron chi connectivity index (χ1n) is 7.93. The van der Waals surface area contributed by atoms with Gasteiger partial charge in [-0.3, -0.25) is 4.90 Å². The zero-order valence-electron chi connectivity index (χ0n) is 11.4. The quantitative estimate of drug-likeness (QED) is 0.765. The number of nitrogens with one attached hydrogen (secondary N) is 1. The lowest BCUT2D eigenvalue weighted by molar-refractivity contribution is -0.0998. The normalized spacial score (nSPS) is 43.7. The SMILES string of the molecule is C1CCC2(C1)CC(N1C[C@H]3CNC[C@H]3C1)CCO2. The lowest BCUT2D eigenvalue weighted by atomic mass is 9.88. The molecule has 3 aliphatic heterocycles. The second kappa shape index (κ2) is 4.46. The van der Waals surface area contributed by atoms with Crippen molar-refractivity contribution in [2.45, 2.75) is 50.2 Å². The van der Waals surface area contributed by atoms with Crippen molar-refractivity contribution in [3.8, 4) is 0 Å². The molecule has 3 heteroatoms. The standard InChI is InChI=1S/C15H26N2O/c1-2-5-15(4-1)7-14(3-6-18-15)17-10-12-8-16-9-13(12)11-17/h12-14,16H,1-11H2/t12-,13+,14?. The van der Waals surface area contributed by atoms with Gasteiger partial charge in [-0.05, 0) is 50.6 Å². The first kappa shape index (κ1) is 11.7. The summed E-state index contributed by atoms with van der Waals surface area (Å²) in [5, 5.41) is 3.54. The Hall–Kier alpha value is -0.120. The van der Waals surface area contributed by atoms with Gasteiger partial charge in [0.25, 0.3) is 0 Å². The van der Waals surface area contributed by atoms with E-state index in [4.69, 9.17) is 4.74 Å². The van der Waals surface area contributed by atoms with Crippen LogP contribution in [0.4, 0.5) is 0 Å². The molecule has 0 amide bonds. The van der Waals surface area contributed by atoms with E-state index in [1.807, 2.05) is 0 Å². The van der Waals surface area contributed by atoms with Gasteiger partial charge in [0, 0.05) is 25.7 Å². The molecule has 3 saturated heterocycles. The van der Waals surface area contributed by atoms with Crippen molar-refractivity contribution in [2.24, 2.45) is 11.8 Å². The molecule has 4 aliphatic rings. The van der Waals surface area contributed by atoms with Gasteiger partial charge in [0.2, 0.25) is 0 Å². The van der Waals surface area contributed by atoms with Crippen LogP contribution in [0, 0.1) is 11.8 Å². The number of fused-ring (bicyclic) bond motifs is 1. The van der Waals surface area contributed by atoms with Gasteiger partial charge >= 0.3 is 0 Å². The third kappa shape index (κ3) is 1.91. The maximum absolute atomic E-state index is 6.17. The largest absolute Gasteiger partial charge is 0.375 e. The van der Waals surface area contributed by atoms with E-state index >= 15 is 0 Å². The number of likely N-dealkylation sites (tertiary alicyclic amines) is 1. The van der Waals surface area contributed by atoms with Crippen molar-refractivity contribution in [3.63, 3.8) is 0 Å². The van der Waals surface area contributed by atoms with Gasteiger partial charge in [-0.25, -0.2) is 0 Å². The summed E-state index contributed by atoms with van der Waals surface area (Å²) in [6.07, 6.45) is 8.02. The average molecular weight is 250 g/mol. The summed E-state index contributed by atoms with van der Waals surface area (Å²) in [7, 11) is 0. The first-order valence-corrected chi connectivity index (χ1v) is 7.93. The molecule has 1 unspecified atom stereocenters. The van der Waals surface area contributed by atoms with E-state index in [2.05, 4.69) is 10.2 Å². The van der Waals surface area contributed by atoms with Crippen LogP contribution in [0.25, 0.3) is 0 Å². The lowest BCUT2D eigenvalue weighted by Gasteiger charge is -2.42. The zero-order valence-corrected chi connectivity index (χ0v) is 11.4. The first-order chi connectivity index (χ1) is 8.85. The molecular formula is C15H26N2O. The molecule has 1 aliphatic carbocycles. The van der Waals surface area contributed by atoms with Crippen molar-refractivity contribution >= 4 is 0 Å². The molecule has 18 heavy (non-hydrogen) atoms. The van der Waals surface area contributed by atoms with E-state index in [1.165, 1.54) is 64.7 Å². The fourth-order valence-corrected chi connectivity index (χ4v) is 4.87. The Labute approximate surface area is 110 Å². The molecule has 1 spiro atoms. The summed E-state index contributed by atoms with van der Waals surface area (Å²) in [6, 6.07) is 0.822. The second-order valence-electron chi connectivity index (χ2n) is 7.02. The topological polar surface area (TPSA) is 24.5 Å². The highest BCUT2D eigenvalue weighted by molar-refractivity contribution is 4.98. The van der Waals surface area contributed by atoms with Crippen molar-refractivity contribution in [2.75, 3.05) is 32.8 Å². The Morgan fingerprint density at radius 3 is 2.50 bits per heavy atom. The van der Waals surface area contributed by atoms with Crippen molar-refractivity contribution in [3.05, 3.63) is 0 Å². The second-order valence-corrected chi connectivity index (χ2v) is 7.02. The fourth-order valence-electron chi connectivity index (χ4n) is 4.87. The number of nitrogens with zero attached hydrogens (tertiary/aromatic N) is 1. The highest BCUT2D eigenvalue weighted by Crippen LogP contribution is 2.42. The molecule has 0 aromatic rings. The minimum Gasteiger partial charge on any atom is -0.375 e. The zero-order chi connectivity index (χ0) is 12.0. The van der Waals surface area contributed by atoms with Crippen LogP contribution in [-0.4, -0.2) is 49.3 Å². The predicted molar refractivity (Wildman–Crippen MR) is 71.6 cm³/mol. The molecular weight excluding hydrogens is 224 g/mol. The molecule has 1 N–H and O–H groups in total. The minimum absolute atomic E-state index is 0.291. The molecule has 1 saturated carbocycles. The average Bonchev–Trinajstić information content (AvgIpc) is 3.04. The Morgan fingerprint density at radius 2 is 1.78 bits per heavy atom. The third-order valence-electron chi connectivity index (χ3n) is 5.92. The van der Waals surface area contributed by atoms with Crippen LogP contribution in [-0.2, 0) is 4.74 Å². The van der Waals surface area contributed by atoms with Crippen LogP contribution in [0.1, 0.15) is 38.5 Å². The van der Waals surface area contributed by atoms with E-state index in [-0.39, 0.29) is 0 Å². The molecule has 3 nitrogen and oxygen atoms in total. The van der Waals surface area contributed by atoms with Gasteiger partial charge in [-0.15, -0.1) is 0 Å². The summed E-state index contributed by atoms with van der Waals surface area (Å²) in [6.45, 7) is 6.22. The Morgan fingerprint density at radius 1 is 1.06 bits per heavy atom. The molecule has 3 atom stereocenters. The van der Waals surface area contributed by atoms with Gasteiger partial charge < -0.3 is 10.1 Å². The molecule has 3 heterocycles. The minimum atomic E-state index is 0.291. The number of hydrogen-bond acceptors (Lipinski definition) is 3. The van der Waals surface area contributed by atoms with E-state index in [0.717, 1.165) is 24.5 Å².